The molecule has 0 saturated heterocycles. The van der Waals surface area contributed by atoms with E-state index in [1.165, 1.54) is 16.7 Å². The van der Waals surface area contributed by atoms with E-state index in [0.717, 1.165) is 17.5 Å². The van der Waals surface area contributed by atoms with E-state index < -0.39 is 36.2 Å². The predicted octanol–water partition coefficient (Wildman–Crippen LogP) is 1.71. The van der Waals surface area contributed by atoms with Gasteiger partial charge in [0.05, 0.1) is 31.6 Å². The molecule has 11 nitrogen and oxygen atoms in total. The van der Waals surface area contributed by atoms with Gasteiger partial charge in [-0.2, -0.15) is 11.3 Å². The molecule has 0 radical (unpaired) electrons. The summed E-state index contributed by atoms with van der Waals surface area (Å²) in [5, 5.41) is 16.8. The number of alkyl halides is 1. The van der Waals surface area contributed by atoms with E-state index in [4.69, 9.17) is 4.74 Å². The van der Waals surface area contributed by atoms with Crippen LogP contribution in [0.25, 0.3) is 0 Å². The number of nitrogens with one attached hydrogen (secondary N) is 5. The highest BCUT2D eigenvalue weighted by atomic mass is 79.9. The average molecular weight is 687 g/mol. The number of rotatable bonds is 17. The van der Waals surface area contributed by atoms with Crippen molar-refractivity contribution in [3.05, 3.63) is 93.2 Å². The molecule has 0 fully saturated rings. The van der Waals surface area contributed by atoms with E-state index in [0.29, 0.717) is 6.61 Å². The third-order valence-electron chi connectivity index (χ3n) is 6.39. The summed E-state index contributed by atoms with van der Waals surface area (Å²) in [4.78, 5) is 60.8. The Bertz CT molecular complexity index is 1400. The van der Waals surface area contributed by atoms with Crippen molar-refractivity contribution < 1.29 is 28.7 Å². The number of aryl methyl sites for hydroxylation is 1. The van der Waals surface area contributed by atoms with Gasteiger partial charge in [0.15, 0.2) is 0 Å². The maximum atomic E-state index is 12.9. The van der Waals surface area contributed by atoms with Gasteiger partial charge < -0.3 is 31.3 Å². The monoisotopic (exact) mass is 685 g/mol. The van der Waals surface area contributed by atoms with Crippen molar-refractivity contribution in [1.82, 2.24) is 26.6 Å². The molecule has 3 rings (SSSR count). The van der Waals surface area contributed by atoms with Crippen LogP contribution in [-0.2, 0) is 48.2 Å². The van der Waals surface area contributed by atoms with Gasteiger partial charge in [-0.15, -0.1) is 0 Å². The van der Waals surface area contributed by atoms with Crippen LogP contribution in [-0.4, -0.2) is 67.3 Å². The van der Waals surface area contributed by atoms with Gasteiger partial charge in [-0.25, -0.2) is 0 Å². The highest BCUT2D eigenvalue weighted by Crippen LogP contribution is 2.18. The molecule has 5 amide bonds. The predicted molar refractivity (Wildman–Crippen MR) is 171 cm³/mol. The van der Waals surface area contributed by atoms with E-state index in [1.54, 1.807) is 23.5 Å². The molecule has 0 aliphatic rings. The summed E-state index contributed by atoms with van der Waals surface area (Å²) < 4.78 is 5.56. The minimum Gasteiger partial charge on any atom is -0.357 e. The first kappa shape index (κ1) is 34.4. The van der Waals surface area contributed by atoms with Crippen molar-refractivity contribution >= 4 is 56.8 Å². The van der Waals surface area contributed by atoms with E-state index in [2.05, 4.69) is 72.3 Å². The zero-order valence-electron chi connectivity index (χ0n) is 24.3. The molecule has 2 aromatic carbocycles. The lowest BCUT2D eigenvalue weighted by atomic mass is 10.0. The second kappa shape index (κ2) is 18.6. The van der Waals surface area contributed by atoms with Gasteiger partial charge in [0, 0.05) is 6.42 Å². The Morgan fingerprint density at radius 2 is 1.39 bits per heavy atom. The van der Waals surface area contributed by atoms with Crippen molar-refractivity contribution in [2.45, 2.75) is 32.4 Å². The summed E-state index contributed by atoms with van der Waals surface area (Å²) in [6.07, 6.45) is 1.05. The number of hydrogen-bond donors (Lipinski definition) is 5. The SMILES string of the molecule is Cc1cscc1Cc1ccc(COCNC(=O)CNC(=O)[C@H](Cc2ccccc2)NC(=O)CNC(=O)CNC(=O)CBr)cc1. The lowest BCUT2D eigenvalue weighted by Crippen LogP contribution is -2.52. The minimum absolute atomic E-state index is 0.0372. The molecule has 3 aromatic rings. The highest BCUT2D eigenvalue weighted by Gasteiger charge is 2.22. The average Bonchev–Trinajstić information content (AvgIpc) is 3.44. The van der Waals surface area contributed by atoms with Crippen LogP contribution in [0.1, 0.15) is 27.8 Å². The summed E-state index contributed by atoms with van der Waals surface area (Å²) in [7, 11) is 0. The van der Waals surface area contributed by atoms with Crippen LogP contribution >= 0.6 is 27.3 Å². The Hall–Kier alpha value is -4.07. The largest absolute Gasteiger partial charge is 0.357 e. The van der Waals surface area contributed by atoms with Gasteiger partial charge in [-0.1, -0.05) is 70.5 Å². The first-order valence-electron chi connectivity index (χ1n) is 13.9. The topological polar surface area (TPSA) is 155 Å². The Morgan fingerprint density at radius 1 is 0.750 bits per heavy atom. The van der Waals surface area contributed by atoms with E-state index in [-0.39, 0.29) is 37.5 Å². The second-order valence-corrected chi connectivity index (χ2v) is 11.2. The van der Waals surface area contributed by atoms with Crippen molar-refractivity contribution in [2.24, 2.45) is 0 Å². The maximum Gasteiger partial charge on any atom is 0.243 e. The molecule has 5 N–H and O–H groups in total. The number of carbonyl (C=O) groups is 5. The molecule has 13 heteroatoms. The molecular formula is C31H36BrN5O6S. The minimum atomic E-state index is -0.995. The van der Waals surface area contributed by atoms with Gasteiger partial charge in [-0.05, 0) is 51.9 Å². The van der Waals surface area contributed by atoms with E-state index >= 15 is 0 Å². The molecule has 0 bridgehead atoms. The molecule has 0 unspecified atom stereocenters. The lowest BCUT2D eigenvalue weighted by Gasteiger charge is -2.19. The number of amides is 5. The third-order valence-corrected chi connectivity index (χ3v) is 7.81. The van der Waals surface area contributed by atoms with E-state index in [9.17, 15) is 24.0 Å². The fourth-order valence-corrected chi connectivity index (χ4v) is 5.02. The summed E-state index contributed by atoms with van der Waals surface area (Å²) >= 11 is 4.67. The van der Waals surface area contributed by atoms with Crippen LogP contribution < -0.4 is 26.6 Å². The fourth-order valence-electron chi connectivity index (χ4n) is 3.97. The second-order valence-electron chi connectivity index (χ2n) is 9.88. The molecule has 0 aliphatic heterocycles. The lowest BCUT2D eigenvalue weighted by molar-refractivity contribution is -0.131. The van der Waals surface area contributed by atoms with Crippen molar-refractivity contribution in [3.63, 3.8) is 0 Å². The molecule has 1 atom stereocenters. The zero-order valence-corrected chi connectivity index (χ0v) is 26.7. The summed E-state index contributed by atoms with van der Waals surface area (Å²) in [5.74, 6) is -2.55. The maximum absolute atomic E-state index is 12.9. The normalized spacial score (nSPS) is 11.2. The van der Waals surface area contributed by atoms with Gasteiger partial charge in [0.25, 0.3) is 0 Å². The number of hydrogen-bond acceptors (Lipinski definition) is 7. The first-order valence-corrected chi connectivity index (χ1v) is 15.9. The number of benzene rings is 2. The Labute approximate surface area is 268 Å². The molecule has 1 heterocycles. The smallest absolute Gasteiger partial charge is 0.243 e. The van der Waals surface area contributed by atoms with Gasteiger partial charge in [0.1, 0.15) is 12.8 Å². The van der Waals surface area contributed by atoms with Crippen molar-refractivity contribution in [1.29, 1.82) is 0 Å². The standard InChI is InChI=1S/C31H36BrN5O6S/c1-21-18-44-19-25(21)11-23-7-9-24(10-8-23)17-43-20-36-29(40)15-35-31(42)26(12-22-5-3-2-4-6-22)37-30(41)16-34-28(39)14-33-27(38)13-32/h2-10,18-19,26H,11-17,20H2,1H3,(H,33,38)(H,34,39)(H,35,42)(H,36,40)(H,37,41)/t26-/m0/s1. The van der Waals surface area contributed by atoms with Crippen molar-refractivity contribution in [3.8, 4) is 0 Å². The van der Waals surface area contributed by atoms with Crippen LogP contribution in [0, 0.1) is 6.92 Å². The number of thiophene rings is 1. The Balaban J connectivity index is 1.40. The van der Waals surface area contributed by atoms with Crippen LogP contribution in [0.3, 0.4) is 0 Å². The Kier molecular flexibility index (Phi) is 14.5. The molecule has 0 saturated carbocycles. The van der Waals surface area contributed by atoms with Crippen LogP contribution in [0.5, 0.6) is 0 Å². The summed E-state index contributed by atoms with van der Waals surface area (Å²) in [6, 6.07) is 16.2. The molecule has 234 valence electrons. The quantitative estimate of drug-likeness (QED) is 0.0828. The fraction of sp³-hybridized carbons (Fsp3) is 0.323. The first-order chi connectivity index (χ1) is 21.2. The number of carbonyl (C=O) groups excluding carboxylic acids is 5. The van der Waals surface area contributed by atoms with E-state index in [1.807, 2.05) is 30.3 Å². The molecular weight excluding hydrogens is 650 g/mol. The number of halogens is 1. The molecule has 44 heavy (non-hydrogen) atoms. The van der Waals surface area contributed by atoms with Crippen LogP contribution in [0.15, 0.2) is 65.4 Å². The summed E-state index contributed by atoms with van der Waals surface area (Å²) in [5.41, 5.74) is 5.59. The van der Waals surface area contributed by atoms with Crippen LogP contribution in [0.2, 0.25) is 0 Å². The van der Waals surface area contributed by atoms with Gasteiger partial charge in [0.2, 0.25) is 29.5 Å². The zero-order chi connectivity index (χ0) is 31.7. The molecule has 0 spiro atoms. The summed E-state index contributed by atoms with van der Waals surface area (Å²) in [6.45, 7) is 1.39. The van der Waals surface area contributed by atoms with Crippen molar-refractivity contribution in [2.75, 3.05) is 31.7 Å². The van der Waals surface area contributed by atoms with Gasteiger partial charge >= 0.3 is 0 Å². The molecule has 1 aromatic heterocycles. The third kappa shape index (κ3) is 12.7. The highest BCUT2D eigenvalue weighted by molar-refractivity contribution is 9.09. The van der Waals surface area contributed by atoms with Gasteiger partial charge in [-0.3, -0.25) is 24.0 Å². The van der Waals surface area contributed by atoms with Crippen LogP contribution in [0.4, 0.5) is 0 Å². The molecule has 0 aliphatic carbocycles. The Morgan fingerprint density at radius 3 is 2.07 bits per heavy atom. The number of ether oxygens (including phenoxy) is 1.